The lowest BCUT2D eigenvalue weighted by molar-refractivity contribution is 0.298. The van der Waals surface area contributed by atoms with Crippen LogP contribution < -0.4 is 5.32 Å². The molecule has 0 aromatic heterocycles. The lowest BCUT2D eigenvalue weighted by atomic mass is 10.1. The number of nitrogens with one attached hydrogen (secondary N) is 1. The van der Waals surface area contributed by atoms with E-state index in [4.69, 9.17) is 11.6 Å². The van der Waals surface area contributed by atoms with Crippen LogP contribution in [-0.2, 0) is 6.54 Å². The fourth-order valence-corrected chi connectivity index (χ4v) is 3.39. The van der Waals surface area contributed by atoms with Crippen molar-refractivity contribution in [2.24, 2.45) is 0 Å². The van der Waals surface area contributed by atoms with Crippen LogP contribution in [0.15, 0.2) is 18.2 Å². The fraction of sp³-hybridized carbons (Fsp3) is 0.571. The molecule has 2 nitrogen and oxygen atoms in total. The molecule has 2 atom stereocenters. The van der Waals surface area contributed by atoms with E-state index in [0.717, 1.165) is 0 Å². The SMILES string of the molecule is Fc1cc(Cl)ccc1CNC1CCN2CCCC12. The van der Waals surface area contributed by atoms with Crippen LogP contribution in [0.3, 0.4) is 0 Å². The molecule has 0 bridgehead atoms. The lowest BCUT2D eigenvalue weighted by Gasteiger charge is -2.21. The highest BCUT2D eigenvalue weighted by molar-refractivity contribution is 6.30. The first-order valence-corrected chi connectivity index (χ1v) is 7.03. The van der Waals surface area contributed by atoms with E-state index >= 15 is 0 Å². The molecule has 2 saturated heterocycles. The van der Waals surface area contributed by atoms with Gasteiger partial charge in [0.1, 0.15) is 5.82 Å². The number of fused-ring (bicyclic) bond motifs is 1. The third kappa shape index (κ3) is 2.40. The first-order valence-electron chi connectivity index (χ1n) is 6.65. The highest BCUT2D eigenvalue weighted by atomic mass is 35.5. The van der Waals surface area contributed by atoms with Gasteiger partial charge in [0.25, 0.3) is 0 Å². The molecular formula is C14H18ClFN2. The minimum Gasteiger partial charge on any atom is -0.308 e. The van der Waals surface area contributed by atoms with E-state index in [1.54, 1.807) is 12.1 Å². The number of nitrogens with zero attached hydrogens (tertiary/aromatic N) is 1. The Morgan fingerprint density at radius 2 is 2.22 bits per heavy atom. The van der Waals surface area contributed by atoms with Crippen LogP contribution in [0.4, 0.5) is 4.39 Å². The molecule has 4 heteroatoms. The lowest BCUT2D eigenvalue weighted by Crippen LogP contribution is -2.38. The molecule has 1 aromatic rings. The summed E-state index contributed by atoms with van der Waals surface area (Å²) in [7, 11) is 0. The molecular weight excluding hydrogens is 251 g/mol. The first kappa shape index (κ1) is 12.4. The predicted octanol–water partition coefficient (Wildman–Crippen LogP) is 2.81. The Bertz CT molecular complexity index is 438. The normalized spacial score (nSPS) is 27.7. The van der Waals surface area contributed by atoms with Gasteiger partial charge in [-0.1, -0.05) is 17.7 Å². The topological polar surface area (TPSA) is 15.3 Å². The molecule has 2 heterocycles. The van der Waals surface area contributed by atoms with Crippen LogP contribution in [0.25, 0.3) is 0 Å². The van der Waals surface area contributed by atoms with E-state index in [2.05, 4.69) is 10.2 Å². The summed E-state index contributed by atoms with van der Waals surface area (Å²) >= 11 is 5.75. The van der Waals surface area contributed by atoms with E-state index in [1.165, 1.54) is 38.4 Å². The minimum absolute atomic E-state index is 0.212. The molecule has 0 amide bonds. The summed E-state index contributed by atoms with van der Waals surface area (Å²) in [5.41, 5.74) is 0.704. The minimum atomic E-state index is -0.212. The van der Waals surface area contributed by atoms with Crippen molar-refractivity contribution >= 4 is 11.6 Å². The summed E-state index contributed by atoms with van der Waals surface area (Å²) in [4.78, 5) is 2.55. The van der Waals surface area contributed by atoms with E-state index in [0.29, 0.717) is 29.2 Å². The van der Waals surface area contributed by atoms with Crippen molar-refractivity contribution in [3.63, 3.8) is 0 Å². The molecule has 98 valence electrons. The third-order valence-corrected chi connectivity index (χ3v) is 4.41. The third-order valence-electron chi connectivity index (χ3n) is 4.18. The van der Waals surface area contributed by atoms with Gasteiger partial charge in [-0.05, 0) is 37.9 Å². The molecule has 1 N–H and O–H groups in total. The second-order valence-electron chi connectivity index (χ2n) is 5.26. The number of benzene rings is 1. The van der Waals surface area contributed by atoms with Gasteiger partial charge in [-0.15, -0.1) is 0 Å². The zero-order chi connectivity index (χ0) is 12.5. The Morgan fingerprint density at radius 1 is 1.33 bits per heavy atom. The number of halogens is 2. The maximum Gasteiger partial charge on any atom is 0.129 e. The summed E-state index contributed by atoms with van der Waals surface area (Å²) in [5, 5.41) is 3.96. The van der Waals surface area contributed by atoms with E-state index in [1.807, 2.05) is 0 Å². The summed E-state index contributed by atoms with van der Waals surface area (Å²) < 4.78 is 13.7. The van der Waals surface area contributed by atoms with Crippen LogP contribution in [-0.4, -0.2) is 30.1 Å². The van der Waals surface area contributed by atoms with E-state index in [9.17, 15) is 4.39 Å². The van der Waals surface area contributed by atoms with Gasteiger partial charge in [0.15, 0.2) is 0 Å². The maximum absolute atomic E-state index is 13.7. The van der Waals surface area contributed by atoms with Crippen LogP contribution in [0.5, 0.6) is 0 Å². The molecule has 0 radical (unpaired) electrons. The van der Waals surface area contributed by atoms with Gasteiger partial charge < -0.3 is 5.32 Å². The largest absolute Gasteiger partial charge is 0.308 e. The molecule has 0 aliphatic carbocycles. The Kier molecular flexibility index (Phi) is 3.55. The van der Waals surface area contributed by atoms with Crippen molar-refractivity contribution in [3.05, 3.63) is 34.6 Å². The molecule has 0 saturated carbocycles. The quantitative estimate of drug-likeness (QED) is 0.907. The Morgan fingerprint density at radius 3 is 3.06 bits per heavy atom. The van der Waals surface area contributed by atoms with Crippen molar-refractivity contribution in [3.8, 4) is 0 Å². The molecule has 2 aliphatic rings. The maximum atomic E-state index is 13.7. The van der Waals surface area contributed by atoms with Gasteiger partial charge in [0.05, 0.1) is 0 Å². The van der Waals surface area contributed by atoms with Crippen LogP contribution in [0, 0.1) is 5.82 Å². The summed E-state index contributed by atoms with van der Waals surface area (Å²) in [6, 6.07) is 6.09. The second kappa shape index (κ2) is 5.16. The standard InChI is InChI=1S/C14H18ClFN2/c15-11-4-3-10(12(16)8-11)9-17-13-5-7-18-6-1-2-14(13)18/h3-4,8,13-14,17H,1-2,5-7,9H2. The smallest absolute Gasteiger partial charge is 0.129 e. The number of hydrogen-bond acceptors (Lipinski definition) is 2. The van der Waals surface area contributed by atoms with Crippen molar-refractivity contribution in [1.29, 1.82) is 0 Å². The predicted molar refractivity (Wildman–Crippen MR) is 71.2 cm³/mol. The second-order valence-corrected chi connectivity index (χ2v) is 5.69. The Balaban J connectivity index is 1.61. The molecule has 18 heavy (non-hydrogen) atoms. The monoisotopic (exact) mass is 268 g/mol. The molecule has 3 rings (SSSR count). The van der Waals surface area contributed by atoms with Gasteiger partial charge >= 0.3 is 0 Å². The number of rotatable bonds is 3. The van der Waals surface area contributed by atoms with Crippen LogP contribution in [0.2, 0.25) is 5.02 Å². The van der Waals surface area contributed by atoms with Crippen molar-refractivity contribution in [1.82, 2.24) is 10.2 Å². The zero-order valence-corrected chi connectivity index (χ0v) is 11.1. The van der Waals surface area contributed by atoms with Crippen molar-refractivity contribution in [2.75, 3.05) is 13.1 Å². The Hall–Kier alpha value is -0.640. The molecule has 2 fully saturated rings. The summed E-state index contributed by atoms with van der Waals surface area (Å²) in [6.07, 6.45) is 3.76. The Labute approximate surface area is 112 Å². The van der Waals surface area contributed by atoms with Crippen LogP contribution >= 0.6 is 11.6 Å². The van der Waals surface area contributed by atoms with Gasteiger partial charge in [-0.3, -0.25) is 4.90 Å². The summed E-state index contributed by atoms with van der Waals surface area (Å²) in [6.45, 7) is 3.02. The van der Waals surface area contributed by atoms with E-state index < -0.39 is 0 Å². The highest BCUT2D eigenvalue weighted by Crippen LogP contribution is 2.28. The van der Waals surface area contributed by atoms with Crippen LogP contribution in [0.1, 0.15) is 24.8 Å². The average molecular weight is 269 g/mol. The van der Waals surface area contributed by atoms with E-state index in [-0.39, 0.29) is 5.82 Å². The zero-order valence-electron chi connectivity index (χ0n) is 10.3. The summed E-state index contributed by atoms with van der Waals surface area (Å²) in [5.74, 6) is -0.212. The number of hydrogen-bond donors (Lipinski definition) is 1. The highest BCUT2D eigenvalue weighted by Gasteiger charge is 2.36. The molecule has 1 aromatic carbocycles. The van der Waals surface area contributed by atoms with Crippen molar-refractivity contribution in [2.45, 2.75) is 37.9 Å². The molecule has 2 unspecified atom stereocenters. The first-order chi connectivity index (χ1) is 8.74. The average Bonchev–Trinajstić information content (AvgIpc) is 2.91. The fourth-order valence-electron chi connectivity index (χ4n) is 3.23. The van der Waals surface area contributed by atoms with Gasteiger partial charge in [-0.2, -0.15) is 0 Å². The molecule has 0 spiro atoms. The van der Waals surface area contributed by atoms with Crippen molar-refractivity contribution < 1.29 is 4.39 Å². The van der Waals surface area contributed by atoms with Gasteiger partial charge in [0, 0.05) is 35.8 Å². The molecule has 2 aliphatic heterocycles. The van der Waals surface area contributed by atoms with Gasteiger partial charge in [0.2, 0.25) is 0 Å². The van der Waals surface area contributed by atoms with Gasteiger partial charge in [-0.25, -0.2) is 4.39 Å².